The van der Waals surface area contributed by atoms with E-state index in [-0.39, 0.29) is 18.1 Å². The molecule has 0 unspecified atom stereocenters. The molecule has 0 aromatic heterocycles. The van der Waals surface area contributed by atoms with Crippen LogP contribution in [-0.4, -0.2) is 36.0 Å². The maximum atomic E-state index is 12.1. The third kappa shape index (κ3) is 3.08. The van der Waals surface area contributed by atoms with E-state index in [0.29, 0.717) is 18.2 Å². The van der Waals surface area contributed by atoms with Gasteiger partial charge >= 0.3 is 0 Å². The zero-order chi connectivity index (χ0) is 14.0. The van der Waals surface area contributed by atoms with Crippen molar-refractivity contribution in [2.75, 3.05) is 13.2 Å². The van der Waals surface area contributed by atoms with Crippen LogP contribution in [0.1, 0.15) is 25.5 Å². The van der Waals surface area contributed by atoms with E-state index in [1.165, 1.54) is 0 Å². The van der Waals surface area contributed by atoms with Gasteiger partial charge in [0.1, 0.15) is 6.10 Å². The summed E-state index contributed by atoms with van der Waals surface area (Å²) in [6.07, 6.45) is -0.187. The van der Waals surface area contributed by atoms with E-state index in [2.05, 4.69) is 0 Å². The Morgan fingerprint density at radius 3 is 2.84 bits per heavy atom. The molecule has 0 bridgehead atoms. The Labute approximate surface area is 118 Å². The fourth-order valence-electron chi connectivity index (χ4n) is 2.25. The van der Waals surface area contributed by atoms with E-state index in [1.807, 2.05) is 31.2 Å². The van der Waals surface area contributed by atoms with Gasteiger partial charge in [0.2, 0.25) is 5.91 Å². The highest BCUT2D eigenvalue weighted by molar-refractivity contribution is 6.31. The van der Waals surface area contributed by atoms with E-state index in [9.17, 15) is 4.79 Å². The van der Waals surface area contributed by atoms with Crippen molar-refractivity contribution in [2.24, 2.45) is 5.73 Å². The van der Waals surface area contributed by atoms with Gasteiger partial charge in [-0.3, -0.25) is 4.79 Å². The number of nitrogens with zero attached hydrogens (tertiary/aromatic N) is 1. The second-order valence-electron chi connectivity index (χ2n) is 4.97. The first-order chi connectivity index (χ1) is 9.00. The van der Waals surface area contributed by atoms with E-state index >= 15 is 0 Å². The summed E-state index contributed by atoms with van der Waals surface area (Å²) in [5, 5.41) is 0.662. The third-order valence-corrected chi connectivity index (χ3v) is 3.70. The van der Waals surface area contributed by atoms with Gasteiger partial charge in [-0.05, 0) is 19.9 Å². The first kappa shape index (κ1) is 14.3. The number of carbonyl (C=O) groups is 1. The summed E-state index contributed by atoms with van der Waals surface area (Å²) in [7, 11) is 0. The van der Waals surface area contributed by atoms with Crippen molar-refractivity contribution >= 4 is 17.5 Å². The molecule has 0 aliphatic carbocycles. The van der Waals surface area contributed by atoms with Gasteiger partial charge in [0.25, 0.3) is 0 Å². The van der Waals surface area contributed by atoms with Gasteiger partial charge in [-0.25, -0.2) is 0 Å². The minimum Gasteiger partial charge on any atom is -0.369 e. The first-order valence-electron chi connectivity index (χ1n) is 6.42. The lowest BCUT2D eigenvalue weighted by atomic mass is 10.1. The van der Waals surface area contributed by atoms with Crippen LogP contribution in [0.4, 0.5) is 0 Å². The Morgan fingerprint density at radius 2 is 2.21 bits per heavy atom. The van der Waals surface area contributed by atoms with Crippen molar-refractivity contribution < 1.29 is 9.53 Å². The summed E-state index contributed by atoms with van der Waals surface area (Å²) in [4.78, 5) is 13.9. The van der Waals surface area contributed by atoms with Crippen LogP contribution in [0.25, 0.3) is 0 Å². The Hall–Kier alpha value is -1.10. The fraction of sp³-hybridized carbons (Fsp3) is 0.500. The zero-order valence-corrected chi connectivity index (χ0v) is 11.9. The smallest absolute Gasteiger partial charge is 0.239 e. The number of amides is 1. The van der Waals surface area contributed by atoms with Crippen LogP contribution in [-0.2, 0) is 9.53 Å². The number of benzene rings is 1. The molecule has 4 nitrogen and oxygen atoms in total. The number of halogens is 1. The molecule has 19 heavy (non-hydrogen) atoms. The summed E-state index contributed by atoms with van der Waals surface area (Å²) >= 11 is 6.18. The molecular formula is C14H19ClN2O2. The second kappa shape index (κ2) is 5.90. The highest BCUT2D eigenvalue weighted by Gasteiger charge is 2.32. The van der Waals surface area contributed by atoms with Crippen molar-refractivity contribution in [1.82, 2.24) is 4.90 Å². The molecule has 0 radical (unpaired) electrons. The molecule has 3 atom stereocenters. The molecule has 0 saturated carbocycles. The lowest BCUT2D eigenvalue weighted by Crippen LogP contribution is -2.52. The van der Waals surface area contributed by atoms with Crippen molar-refractivity contribution in [3.05, 3.63) is 34.9 Å². The van der Waals surface area contributed by atoms with Crippen LogP contribution in [0.3, 0.4) is 0 Å². The van der Waals surface area contributed by atoms with Crippen molar-refractivity contribution in [3.8, 4) is 0 Å². The normalized spacial score (nSPS) is 25.2. The molecule has 2 N–H and O–H groups in total. The Kier molecular flexibility index (Phi) is 4.45. The summed E-state index contributed by atoms with van der Waals surface area (Å²) in [5.74, 6) is -0.0483. The SMILES string of the molecule is C[C@H](N)C(=O)N1C[C@H](c2ccccc2Cl)OC[C@H]1C. The highest BCUT2D eigenvalue weighted by atomic mass is 35.5. The van der Waals surface area contributed by atoms with Gasteiger partial charge < -0.3 is 15.4 Å². The lowest BCUT2D eigenvalue weighted by Gasteiger charge is -2.39. The largest absolute Gasteiger partial charge is 0.369 e. The van der Waals surface area contributed by atoms with Gasteiger partial charge in [-0.2, -0.15) is 0 Å². The molecule has 0 spiro atoms. The molecular weight excluding hydrogens is 264 g/mol. The molecule has 2 rings (SSSR count). The number of hydrogen-bond donors (Lipinski definition) is 1. The molecule has 1 aromatic rings. The van der Waals surface area contributed by atoms with E-state index in [4.69, 9.17) is 22.1 Å². The predicted octanol–water partition coefficient (Wildman–Crippen LogP) is 1.98. The molecule has 1 aliphatic heterocycles. The number of hydrogen-bond acceptors (Lipinski definition) is 3. The van der Waals surface area contributed by atoms with E-state index < -0.39 is 6.04 Å². The number of carbonyl (C=O) groups excluding carboxylic acids is 1. The van der Waals surface area contributed by atoms with Crippen LogP contribution in [0, 0.1) is 0 Å². The lowest BCUT2D eigenvalue weighted by molar-refractivity contribution is -0.145. The van der Waals surface area contributed by atoms with Gasteiger partial charge in [-0.1, -0.05) is 29.8 Å². The number of rotatable bonds is 2. The minimum atomic E-state index is -0.493. The van der Waals surface area contributed by atoms with Gasteiger partial charge in [0.05, 0.1) is 25.2 Å². The third-order valence-electron chi connectivity index (χ3n) is 3.36. The Morgan fingerprint density at radius 1 is 1.53 bits per heavy atom. The molecule has 5 heteroatoms. The number of nitrogens with two attached hydrogens (primary N) is 1. The van der Waals surface area contributed by atoms with E-state index in [0.717, 1.165) is 5.56 Å². The topological polar surface area (TPSA) is 55.6 Å². The van der Waals surface area contributed by atoms with Crippen molar-refractivity contribution in [2.45, 2.75) is 32.0 Å². The number of morpholine rings is 1. The van der Waals surface area contributed by atoms with Crippen LogP contribution in [0.2, 0.25) is 5.02 Å². The van der Waals surface area contributed by atoms with Gasteiger partial charge in [0, 0.05) is 10.6 Å². The average molecular weight is 283 g/mol. The van der Waals surface area contributed by atoms with Crippen LogP contribution in [0.5, 0.6) is 0 Å². The van der Waals surface area contributed by atoms with Crippen molar-refractivity contribution in [1.29, 1.82) is 0 Å². The average Bonchev–Trinajstić information content (AvgIpc) is 2.39. The van der Waals surface area contributed by atoms with Crippen molar-refractivity contribution in [3.63, 3.8) is 0 Å². The minimum absolute atomic E-state index is 0.0391. The second-order valence-corrected chi connectivity index (χ2v) is 5.38. The van der Waals surface area contributed by atoms with E-state index in [1.54, 1.807) is 11.8 Å². The predicted molar refractivity (Wildman–Crippen MR) is 75.0 cm³/mol. The van der Waals surface area contributed by atoms with Gasteiger partial charge in [0.15, 0.2) is 0 Å². The first-order valence-corrected chi connectivity index (χ1v) is 6.80. The maximum Gasteiger partial charge on any atom is 0.239 e. The summed E-state index contributed by atoms with van der Waals surface area (Å²) < 4.78 is 5.80. The molecule has 104 valence electrons. The Balaban J connectivity index is 2.18. The quantitative estimate of drug-likeness (QED) is 0.902. The van der Waals surface area contributed by atoms with Crippen LogP contribution < -0.4 is 5.73 Å². The molecule has 1 heterocycles. The molecule has 1 aliphatic rings. The Bertz CT molecular complexity index is 465. The highest BCUT2D eigenvalue weighted by Crippen LogP contribution is 2.30. The molecule has 1 aromatic carbocycles. The summed E-state index contributed by atoms with van der Waals surface area (Å²) in [6, 6.07) is 7.10. The molecule has 1 amide bonds. The zero-order valence-electron chi connectivity index (χ0n) is 11.2. The van der Waals surface area contributed by atoms with Crippen LogP contribution in [0.15, 0.2) is 24.3 Å². The number of ether oxygens (including phenoxy) is 1. The molecule has 1 saturated heterocycles. The maximum absolute atomic E-state index is 12.1. The van der Waals surface area contributed by atoms with Gasteiger partial charge in [-0.15, -0.1) is 0 Å². The summed E-state index contributed by atoms with van der Waals surface area (Å²) in [6.45, 7) is 4.65. The monoisotopic (exact) mass is 282 g/mol. The standard InChI is InChI=1S/C14H19ClN2O2/c1-9-8-19-13(7-17(9)14(18)10(2)16)11-5-3-4-6-12(11)15/h3-6,9-10,13H,7-8,16H2,1-2H3/t9-,10+,13-/m1/s1. The van der Waals surface area contributed by atoms with Crippen LogP contribution >= 0.6 is 11.6 Å². The summed E-state index contributed by atoms with van der Waals surface area (Å²) in [5.41, 5.74) is 6.60. The molecule has 1 fully saturated rings. The fourth-order valence-corrected chi connectivity index (χ4v) is 2.51.